The number of carbonyl (C=O) groups excluding carboxylic acids is 1. The molecule has 0 saturated carbocycles. The zero-order valence-corrected chi connectivity index (χ0v) is 18.8. The topological polar surface area (TPSA) is 50.7 Å². The quantitative estimate of drug-likeness (QED) is 0.190. The molecule has 0 radical (unpaired) electrons. The third-order valence-electron chi connectivity index (χ3n) is 4.74. The van der Waals surface area contributed by atoms with E-state index in [-0.39, 0.29) is 11.7 Å². The number of hydrogen-bond acceptors (Lipinski definition) is 4. The highest BCUT2D eigenvalue weighted by Gasteiger charge is 2.03. The van der Waals surface area contributed by atoms with Crippen molar-refractivity contribution in [3.63, 3.8) is 0 Å². The van der Waals surface area contributed by atoms with Crippen LogP contribution in [0.3, 0.4) is 0 Å². The van der Waals surface area contributed by atoms with Crippen LogP contribution in [0.2, 0.25) is 5.02 Å². The number of nitrogens with zero attached hydrogens (tertiary/aromatic N) is 1. The zero-order chi connectivity index (χ0) is 22.2. The lowest BCUT2D eigenvalue weighted by Gasteiger charge is -2.09. The van der Waals surface area contributed by atoms with Gasteiger partial charge in [0.15, 0.2) is 0 Å². The summed E-state index contributed by atoms with van der Waals surface area (Å²) in [5.41, 5.74) is 4.56. The first kappa shape index (κ1) is 21.9. The number of amides is 1. The van der Waals surface area contributed by atoms with Gasteiger partial charge in [0.25, 0.3) is 0 Å². The van der Waals surface area contributed by atoms with E-state index in [4.69, 9.17) is 16.3 Å². The molecule has 0 atom stereocenters. The second kappa shape index (κ2) is 10.8. The van der Waals surface area contributed by atoms with Crippen LogP contribution < -0.4 is 10.2 Å². The van der Waals surface area contributed by atoms with Gasteiger partial charge in [0.2, 0.25) is 5.91 Å². The second-order valence-corrected chi connectivity index (χ2v) is 8.52. The van der Waals surface area contributed by atoms with Crippen LogP contribution in [0, 0.1) is 0 Å². The summed E-state index contributed by atoms with van der Waals surface area (Å²) in [5.74, 6) is 0.884. The van der Waals surface area contributed by atoms with Crippen LogP contribution in [0.15, 0.2) is 101 Å². The second-order valence-electron chi connectivity index (χ2n) is 7.03. The number of hydrazone groups is 1. The van der Waals surface area contributed by atoms with Gasteiger partial charge in [-0.2, -0.15) is 5.10 Å². The molecule has 4 aromatic carbocycles. The highest BCUT2D eigenvalue weighted by Crippen LogP contribution is 2.21. The first-order valence-corrected chi connectivity index (χ1v) is 11.4. The van der Waals surface area contributed by atoms with E-state index >= 15 is 0 Å². The molecule has 4 nitrogen and oxygen atoms in total. The molecule has 0 aliphatic rings. The summed E-state index contributed by atoms with van der Waals surface area (Å²) < 4.78 is 5.95. The molecule has 0 fully saturated rings. The summed E-state index contributed by atoms with van der Waals surface area (Å²) in [7, 11) is 0. The van der Waals surface area contributed by atoms with Crippen molar-refractivity contribution >= 4 is 46.3 Å². The molecule has 0 aliphatic heterocycles. The first-order chi connectivity index (χ1) is 15.7. The Morgan fingerprint density at radius 2 is 1.69 bits per heavy atom. The molecule has 0 spiro atoms. The Kier molecular flexibility index (Phi) is 7.43. The van der Waals surface area contributed by atoms with Gasteiger partial charge in [-0.15, -0.1) is 11.8 Å². The fraction of sp³-hybridized carbons (Fsp3) is 0.0769. The van der Waals surface area contributed by atoms with Gasteiger partial charge in [-0.25, -0.2) is 5.43 Å². The summed E-state index contributed by atoms with van der Waals surface area (Å²) in [5, 5.41) is 7.10. The van der Waals surface area contributed by atoms with Crippen LogP contribution in [0.1, 0.15) is 11.1 Å². The molecule has 6 heteroatoms. The average molecular weight is 461 g/mol. The number of nitrogens with one attached hydrogen (secondary N) is 1. The Balaban J connectivity index is 1.25. The highest BCUT2D eigenvalue weighted by atomic mass is 35.5. The van der Waals surface area contributed by atoms with Crippen molar-refractivity contribution in [2.75, 3.05) is 5.75 Å². The fourth-order valence-electron chi connectivity index (χ4n) is 3.12. The molecule has 0 aromatic heterocycles. The Bertz CT molecular complexity index is 1220. The number of fused-ring (bicyclic) bond motifs is 1. The summed E-state index contributed by atoms with van der Waals surface area (Å²) in [4.78, 5) is 12.9. The van der Waals surface area contributed by atoms with Crippen molar-refractivity contribution in [2.24, 2.45) is 5.10 Å². The largest absolute Gasteiger partial charge is 0.489 e. The molecular weight excluding hydrogens is 440 g/mol. The molecular formula is C26H21ClN2O2S. The van der Waals surface area contributed by atoms with Gasteiger partial charge in [-0.05, 0) is 70.4 Å². The van der Waals surface area contributed by atoms with Crippen molar-refractivity contribution in [3.05, 3.63) is 107 Å². The SMILES string of the molecule is O=C(CSc1ccc(Cl)cc1)N/N=C/c1ccc(OCc2cccc3ccccc23)cc1. The van der Waals surface area contributed by atoms with E-state index < -0.39 is 0 Å². The van der Waals surface area contributed by atoms with Gasteiger partial charge in [0, 0.05) is 9.92 Å². The predicted molar refractivity (Wildman–Crippen MR) is 133 cm³/mol. The van der Waals surface area contributed by atoms with Crippen molar-refractivity contribution in [2.45, 2.75) is 11.5 Å². The molecule has 0 saturated heterocycles. The Morgan fingerprint density at radius 1 is 0.938 bits per heavy atom. The van der Waals surface area contributed by atoms with E-state index in [0.29, 0.717) is 11.6 Å². The monoisotopic (exact) mass is 460 g/mol. The minimum atomic E-state index is -0.170. The maximum atomic E-state index is 11.9. The molecule has 0 bridgehead atoms. The Labute approximate surface area is 196 Å². The van der Waals surface area contributed by atoms with Crippen molar-refractivity contribution in [3.8, 4) is 5.75 Å². The smallest absolute Gasteiger partial charge is 0.250 e. The van der Waals surface area contributed by atoms with Gasteiger partial charge in [-0.1, -0.05) is 54.1 Å². The third-order valence-corrected chi connectivity index (χ3v) is 6.00. The Morgan fingerprint density at radius 3 is 2.50 bits per heavy atom. The van der Waals surface area contributed by atoms with Crippen molar-refractivity contribution in [1.82, 2.24) is 5.43 Å². The lowest BCUT2D eigenvalue weighted by molar-refractivity contribution is -0.118. The van der Waals surface area contributed by atoms with Gasteiger partial charge < -0.3 is 4.74 Å². The lowest BCUT2D eigenvalue weighted by atomic mass is 10.1. The molecule has 0 heterocycles. The molecule has 1 amide bonds. The zero-order valence-electron chi connectivity index (χ0n) is 17.2. The predicted octanol–water partition coefficient (Wildman–Crippen LogP) is 6.31. The van der Waals surface area contributed by atoms with E-state index in [0.717, 1.165) is 21.8 Å². The van der Waals surface area contributed by atoms with E-state index in [2.05, 4.69) is 34.8 Å². The molecule has 4 rings (SSSR count). The number of benzene rings is 4. The van der Waals surface area contributed by atoms with Crippen LogP contribution in [-0.2, 0) is 11.4 Å². The molecule has 1 N–H and O–H groups in total. The molecule has 4 aromatic rings. The van der Waals surface area contributed by atoms with E-state index in [1.165, 1.54) is 22.5 Å². The summed E-state index contributed by atoms with van der Waals surface area (Å²) in [6.45, 7) is 0.496. The molecule has 32 heavy (non-hydrogen) atoms. The van der Waals surface area contributed by atoms with E-state index in [1.807, 2.05) is 54.6 Å². The minimum Gasteiger partial charge on any atom is -0.489 e. The van der Waals surface area contributed by atoms with Crippen LogP contribution in [0.5, 0.6) is 5.75 Å². The van der Waals surface area contributed by atoms with Gasteiger partial charge in [0.05, 0.1) is 12.0 Å². The number of thioether (sulfide) groups is 1. The number of rotatable bonds is 8. The number of halogens is 1. The van der Waals surface area contributed by atoms with Crippen LogP contribution >= 0.6 is 23.4 Å². The third kappa shape index (κ3) is 6.13. The number of hydrogen-bond donors (Lipinski definition) is 1. The lowest BCUT2D eigenvalue weighted by Crippen LogP contribution is -2.19. The Hall–Kier alpha value is -3.28. The van der Waals surface area contributed by atoms with Gasteiger partial charge >= 0.3 is 0 Å². The highest BCUT2D eigenvalue weighted by molar-refractivity contribution is 8.00. The van der Waals surface area contributed by atoms with Crippen molar-refractivity contribution in [1.29, 1.82) is 0 Å². The maximum Gasteiger partial charge on any atom is 0.250 e. The van der Waals surface area contributed by atoms with Crippen molar-refractivity contribution < 1.29 is 9.53 Å². The normalized spacial score (nSPS) is 11.0. The molecule has 0 aliphatic carbocycles. The fourth-order valence-corrected chi connectivity index (χ4v) is 3.94. The molecule has 160 valence electrons. The van der Waals surface area contributed by atoms with Crippen LogP contribution in [0.25, 0.3) is 10.8 Å². The summed E-state index contributed by atoms with van der Waals surface area (Å²) in [6, 6.07) is 29.5. The number of ether oxygens (including phenoxy) is 1. The van der Waals surface area contributed by atoms with Crippen LogP contribution in [0.4, 0.5) is 0 Å². The standard InChI is InChI=1S/C26H21ClN2O2S/c27-22-10-14-24(15-11-22)32-18-26(30)29-28-16-19-8-12-23(13-9-19)31-17-21-6-3-5-20-4-1-2-7-25(20)21/h1-16H,17-18H2,(H,29,30)/b28-16+. The number of carbonyl (C=O) groups is 1. The summed E-state index contributed by atoms with van der Waals surface area (Å²) >= 11 is 7.29. The minimum absolute atomic E-state index is 0.170. The average Bonchev–Trinajstić information content (AvgIpc) is 2.83. The summed E-state index contributed by atoms with van der Waals surface area (Å²) in [6.07, 6.45) is 1.61. The van der Waals surface area contributed by atoms with E-state index in [1.54, 1.807) is 18.3 Å². The molecule has 0 unspecified atom stereocenters. The van der Waals surface area contributed by atoms with Gasteiger partial charge in [0.1, 0.15) is 12.4 Å². The maximum absolute atomic E-state index is 11.9. The van der Waals surface area contributed by atoms with Gasteiger partial charge in [-0.3, -0.25) is 4.79 Å². The van der Waals surface area contributed by atoms with Crippen LogP contribution in [-0.4, -0.2) is 17.9 Å². The first-order valence-electron chi connectivity index (χ1n) is 10.1. The van der Waals surface area contributed by atoms with E-state index in [9.17, 15) is 4.79 Å².